The fourth-order valence-electron chi connectivity index (χ4n) is 2.62. The number of hydrazone groups is 1. The van der Waals surface area contributed by atoms with E-state index in [-0.39, 0.29) is 5.69 Å². The molecule has 3 aromatic carbocycles. The van der Waals surface area contributed by atoms with Gasteiger partial charge in [0.2, 0.25) is 0 Å². The third kappa shape index (κ3) is 4.50. The summed E-state index contributed by atoms with van der Waals surface area (Å²) in [7, 11) is 0. The summed E-state index contributed by atoms with van der Waals surface area (Å²) in [5, 5.41) is 16.9. The minimum atomic E-state index is -0.741. The fourth-order valence-corrected chi connectivity index (χ4v) is 2.62. The van der Waals surface area contributed by atoms with Gasteiger partial charge < -0.3 is 4.74 Å². The molecular formula is C21H19N3O4. The summed E-state index contributed by atoms with van der Waals surface area (Å²) in [5.74, 6) is 0.201. The van der Waals surface area contributed by atoms with Gasteiger partial charge in [-0.25, -0.2) is 5.43 Å². The van der Waals surface area contributed by atoms with E-state index in [2.05, 4.69) is 10.5 Å². The minimum absolute atomic E-state index is 0.00186. The number of nitro benzene ring substituents is 1. The molecule has 3 aromatic rings. The molecule has 7 heteroatoms. The first kappa shape index (κ1) is 19.0. The number of nitrogens with one attached hydrogen (secondary N) is 1. The Morgan fingerprint density at radius 1 is 1.07 bits per heavy atom. The zero-order valence-electron chi connectivity index (χ0n) is 15.5. The number of nitro groups is 1. The smallest absolute Gasteiger partial charge is 0.280 e. The minimum Gasteiger partial charge on any atom is -0.481 e. The first-order valence-electron chi connectivity index (χ1n) is 8.68. The van der Waals surface area contributed by atoms with Gasteiger partial charge >= 0.3 is 0 Å². The van der Waals surface area contributed by atoms with Gasteiger partial charge in [-0.15, -0.1) is 0 Å². The van der Waals surface area contributed by atoms with E-state index < -0.39 is 16.9 Å². The number of fused-ring (bicyclic) bond motifs is 1. The van der Waals surface area contributed by atoms with Crippen molar-refractivity contribution in [1.29, 1.82) is 0 Å². The lowest BCUT2D eigenvalue weighted by atomic mass is 10.1. The van der Waals surface area contributed by atoms with Crippen LogP contribution in [-0.4, -0.2) is 22.6 Å². The number of benzene rings is 3. The first-order chi connectivity index (χ1) is 13.4. The van der Waals surface area contributed by atoms with E-state index in [0.717, 1.165) is 10.8 Å². The second-order valence-corrected chi connectivity index (χ2v) is 6.25. The molecule has 0 fully saturated rings. The average Bonchev–Trinajstić information content (AvgIpc) is 2.71. The van der Waals surface area contributed by atoms with Crippen molar-refractivity contribution in [3.8, 4) is 5.75 Å². The zero-order valence-corrected chi connectivity index (χ0v) is 15.5. The Labute approximate surface area is 161 Å². The Bertz CT molecular complexity index is 1040. The Morgan fingerprint density at radius 3 is 2.43 bits per heavy atom. The number of non-ortho nitro benzene ring substituents is 1. The SMILES string of the molecule is C/C(=N\NC(=O)C(C)Oc1ccc2ccccc2c1)c1ccc([N+](=O)[O-])cc1. The number of carbonyl (C=O) groups excluding carboxylic acids is 1. The van der Waals surface area contributed by atoms with Gasteiger partial charge in [0.25, 0.3) is 11.6 Å². The number of amides is 1. The summed E-state index contributed by atoms with van der Waals surface area (Å²) < 4.78 is 5.71. The van der Waals surface area contributed by atoms with Crippen LogP contribution in [0.4, 0.5) is 5.69 Å². The average molecular weight is 377 g/mol. The standard InChI is InChI=1S/C21H19N3O4/c1-14(16-7-10-19(11-8-16)24(26)27)22-23-21(25)15(2)28-20-12-9-17-5-3-4-6-18(17)13-20/h3-13,15H,1-2H3,(H,23,25)/b22-14+. The molecule has 0 aromatic heterocycles. The zero-order chi connectivity index (χ0) is 20.1. The molecule has 0 aliphatic rings. The van der Waals surface area contributed by atoms with Gasteiger partial charge in [-0.1, -0.05) is 30.3 Å². The van der Waals surface area contributed by atoms with Crippen LogP contribution in [0.5, 0.6) is 5.75 Å². The lowest BCUT2D eigenvalue weighted by molar-refractivity contribution is -0.384. The van der Waals surface area contributed by atoms with E-state index in [4.69, 9.17) is 4.74 Å². The molecule has 28 heavy (non-hydrogen) atoms. The van der Waals surface area contributed by atoms with Crippen LogP contribution in [0.25, 0.3) is 10.8 Å². The van der Waals surface area contributed by atoms with Crippen molar-refractivity contribution in [2.75, 3.05) is 0 Å². The van der Waals surface area contributed by atoms with Gasteiger partial charge in [0.1, 0.15) is 5.75 Å². The van der Waals surface area contributed by atoms with Gasteiger partial charge in [0, 0.05) is 12.1 Å². The summed E-state index contributed by atoms with van der Waals surface area (Å²) in [6, 6.07) is 19.5. The molecule has 1 amide bonds. The molecule has 7 nitrogen and oxygen atoms in total. The molecule has 142 valence electrons. The van der Waals surface area contributed by atoms with Crippen molar-refractivity contribution in [3.63, 3.8) is 0 Å². The molecule has 0 bridgehead atoms. The van der Waals surface area contributed by atoms with Gasteiger partial charge in [-0.05, 0) is 54.4 Å². The summed E-state index contributed by atoms with van der Waals surface area (Å²) >= 11 is 0. The van der Waals surface area contributed by atoms with E-state index in [0.29, 0.717) is 17.0 Å². The quantitative estimate of drug-likeness (QED) is 0.398. The maximum atomic E-state index is 12.3. The first-order valence-corrected chi connectivity index (χ1v) is 8.68. The fraction of sp³-hybridized carbons (Fsp3) is 0.143. The second-order valence-electron chi connectivity index (χ2n) is 6.25. The summed E-state index contributed by atoms with van der Waals surface area (Å²) in [6.07, 6.45) is -0.741. The number of carbonyl (C=O) groups is 1. The van der Waals surface area contributed by atoms with Crippen LogP contribution < -0.4 is 10.2 Å². The highest BCUT2D eigenvalue weighted by Crippen LogP contribution is 2.21. The van der Waals surface area contributed by atoms with Crippen molar-refractivity contribution in [1.82, 2.24) is 5.43 Å². The van der Waals surface area contributed by atoms with Gasteiger partial charge in [-0.3, -0.25) is 14.9 Å². The number of hydrogen-bond acceptors (Lipinski definition) is 5. The predicted molar refractivity (Wildman–Crippen MR) is 107 cm³/mol. The van der Waals surface area contributed by atoms with Crippen LogP contribution in [0.15, 0.2) is 71.8 Å². The van der Waals surface area contributed by atoms with Gasteiger partial charge in [0.15, 0.2) is 6.10 Å². The monoisotopic (exact) mass is 377 g/mol. The highest BCUT2D eigenvalue weighted by molar-refractivity contribution is 5.99. The van der Waals surface area contributed by atoms with Gasteiger partial charge in [-0.2, -0.15) is 5.10 Å². The molecule has 1 atom stereocenters. The van der Waals surface area contributed by atoms with E-state index in [1.54, 1.807) is 26.0 Å². The third-order valence-corrected chi connectivity index (χ3v) is 4.23. The highest BCUT2D eigenvalue weighted by Gasteiger charge is 2.14. The second kappa shape index (κ2) is 8.30. The topological polar surface area (TPSA) is 93.8 Å². The summed E-state index contributed by atoms with van der Waals surface area (Å²) in [4.78, 5) is 22.5. The molecule has 0 radical (unpaired) electrons. The van der Waals surface area contributed by atoms with Crippen LogP contribution in [0.1, 0.15) is 19.4 Å². The molecule has 1 N–H and O–H groups in total. The number of rotatable bonds is 6. The van der Waals surface area contributed by atoms with Crippen molar-refractivity contribution >= 4 is 28.1 Å². The van der Waals surface area contributed by atoms with Crippen LogP contribution in [0.3, 0.4) is 0 Å². The largest absolute Gasteiger partial charge is 0.481 e. The van der Waals surface area contributed by atoms with Crippen molar-refractivity contribution < 1.29 is 14.5 Å². The number of nitrogens with zero attached hydrogens (tertiary/aromatic N) is 2. The summed E-state index contributed by atoms with van der Waals surface area (Å²) in [5.41, 5.74) is 3.67. The van der Waals surface area contributed by atoms with Crippen LogP contribution >= 0.6 is 0 Å². The maximum Gasteiger partial charge on any atom is 0.280 e. The molecule has 1 unspecified atom stereocenters. The molecule has 0 aliphatic carbocycles. The molecule has 3 rings (SSSR count). The lowest BCUT2D eigenvalue weighted by Gasteiger charge is -2.14. The Kier molecular flexibility index (Phi) is 5.64. The van der Waals surface area contributed by atoms with Crippen molar-refractivity contribution in [2.24, 2.45) is 5.10 Å². The van der Waals surface area contributed by atoms with Crippen molar-refractivity contribution in [3.05, 3.63) is 82.4 Å². The molecular weight excluding hydrogens is 358 g/mol. The summed E-state index contributed by atoms with van der Waals surface area (Å²) in [6.45, 7) is 3.34. The normalized spacial score (nSPS) is 12.4. The van der Waals surface area contributed by atoms with E-state index in [9.17, 15) is 14.9 Å². The van der Waals surface area contributed by atoms with Crippen LogP contribution in [-0.2, 0) is 4.79 Å². The molecule has 0 aliphatic heterocycles. The van der Waals surface area contributed by atoms with E-state index in [1.807, 2.05) is 42.5 Å². The van der Waals surface area contributed by atoms with E-state index in [1.165, 1.54) is 12.1 Å². The predicted octanol–water partition coefficient (Wildman–Crippen LogP) is 4.06. The third-order valence-electron chi connectivity index (χ3n) is 4.23. The van der Waals surface area contributed by atoms with Crippen molar-refractivity contribution in [2.45, 2.75) is 20.0 Å². The molecule has 0 heterocycles. The number of hydrogen-bond donors (Lipinski definition) is 1. The van der Waals surface area contributed by atoms with Crippen LogP contribution in [0, 0.1) is 10.1 Å². The maximum absolute atomic E-state index is 12.3. The molecule has 0 spiro atoms. The Morgan fingerprint density at radius 2 is 1.75 bits per heavy atom. The van der Waals surface area contributed by atoms with E-state index >= 15 is 0 Å². The Balaban J connectivity index is 1.62. The number of ether oxygens (including phenoxy) is 1. The molecule has 0 saturated heterocycles. The highest BCUT2D eigenvalue weighted by atomic mass is 16.6. The Hall–Kier alpha value is -3.74. The lowest BCUT2D eigenvalue weighted by Crippen LogP contribution is -2.33. The molecule has 0 saturated carbocycles. The van der Waals surface area contributed by atoms with Crippen LogP contribution in [0.2, 0.25) is 0 Å². The van der Waals surface area contributed by atoms with Gasteiger partial charge in [0.05, 0.1) is 10.6 Å².